The molecule has 1 aliphatic rings. The zero-order valence-corrected chi connectivity index (χ0v) is 12.8. The number of fused-ring (bicyclic) bond motifs is 1. The molecular weight excluding hydrogens is 282 g/mol. The predicted octanol–water partition coefficient (Wildman–Crippen LogP) is 2.33. The van der Waals surface area contributed by atoms with Gasteiger partial charge in [-0.1, -0.05) is 0 Å². The van der Waals surface area contributed by atoms with Crippen molar-refractivity contribution in [1.82, 2.24) is 9.88 Å². The third kappa shape index (κ3) is 2.95. The SMILES string of the molecule is CC(=O)N1CCC(C(=O)Nc2ccc3oc(C)nc3c2)CC1. The molecule has 2 aromatic rings. The minimum Gasteiger partial charge on any atom is -0.441 e. The number of hydrogen-bond acceptors (Lipinski definition) is 4. The van der Waals surface area contributed by atoms with Gasteiger partial charge in [0.05, 0.1) is 0 Å². The lowest BCUT2D eigenvalue weighted by Crippen LogP contribution is -2.40. The lowest BCUT2D eigenvalue weighted by Gasteiger charge is -2.30. The van der Waals surface area contributed by atoms with Crippen LogP contribution < -0.4 is 5.32 Å². The van der Waals surface area contributed by atoms with Gasteiger partial charge in [0.1, 0.15) is 5.52 Å². The Morgan fingerprint density at radius 1 is 1.32 bits per heavy atom. The second-order valence-electron chi connectivity index (χ2n) is 5.68. The number of rotatable bonds is 2. The number of aryl methyl sites for hydroxylation is 1. The molecule has 1 N–H and O–H groups in total. The lowest BCUT2D eigenvalue weighted by atomic mass is 9.96. The van der Waals surface area contributed by atoms with Crippen molar-refractivity contribution in [1.29, 1.82) is 0 Å². The molecule has 3 rings (SSSR count). The van der Waals surface area contributed by atoms with Gasteiger partial charge in [-0.25, -0.2) is 4.98 Å². The maximum Gasteiger partial charge on any atom is 0.227 e. The molecule has 1 aromatic carbocycles. The van der Waals surface area contributed by atoms with Crippen LogP contribution in [0.5, 0.6) is 0 Å². The Labute approximate surface area is 128 Å². The summed E-state index contributed by atoms with van der Waals surface area (Å²) in [4.78, 5) is 29.7. The highest BCUT2D eigenvalue weighted by Crippen LogP contribution is 2.22. The van der Waals surface area contributed by atoms with Crippen molar-refractivity contribution in [3.63, 3.8) is 0 Å². The highest BCUT2D eigenvalue weighted by atomic mass is 16.3. The van der Waals surface area contributed by atoms with Crippen LogP contribution in [0.1, 0.15) is 25.7 Å². The Balaban J connectivity index is 1.64. The smallest absolute Gasteiger partial charge is 0.227 e. The van der Waals surface area contributed by atoms with E-state index in [0.29, 0.717) is 37.4 Å². The zero-order chi connectivity index (χ0) is 15.7. The van der Waals surface area contributed by atoms with Crippen LogP contribution in [0, 0.1) is 12.8 Å². The summed E-state index contributed by atoms with van der Waals surface area (Å²) in [7, 11) is 0. The minimum atomic E-state index is -0.0506. The molecule has 0 aliphatic carbocycles. The average molecular weight is 301 g/mol. The molecule has 0 bridgehead atoms. The first kappa shape index (κ1) is 14.6. The van der Waals surface area contributed by atoms with E-state index in [9.17, 15) is 9.59 Å². The molecule has 1 fully saturated rings. The number of piperidine rings is 1. The Morgan fingerprint density at radius 2 is 2.05 bits per heavy atom. The Kier molecular flexibility index (Phi) is 3.83. The van der Waals surface area contributed by atoms with Crippen LogP contribution in [-0.2, 0) is 9.59 Å². The number of oxazole rings is 1. The number of aromatic nitrogens is 1. The summed E-state index contributed by atoms with van der Waals surface area (Å²) in [6, 6.07) is 5.44. The Bertz CT molecular complexity index is 714. The van der Waals surface area contributed by atoms with Gasteiger partial charge in [0.15, 0.2) is 11.5 Å². The molecule has 116 valence electrons. The van der Waals surface area contributed by atoms with Gasteiger partial charge in [-0.05, 0) is 31.0 Å². The molecule has 0 saturated carbocycles. The molecule has 6 heteroatoms. The number of hydrogen-bond donors (Lipinski definition) is 1. The van der Waals surface area contributed by atoms with Crippen molar-refractivity contribution < 1.29 is 14.0 Å². The first-order valence-electron chi connectivity index (χ1n) is 7.46. The highest BCUT2D eigenvalue weighted by molar-refractivity contribution is 5.94. The van der Waals surface area contributed by atoms with Gasteiger partial charge in [0.2, 0.25) is 11.8 Å². The maximum absolute atomic E-state index is 12.3. The standard InChI is InChI=1S/C16H19N3O3/c1-10-17-14-9-13(3-4-15(14)22-10)18-16(21)12-5-7-19(8-6-12)11(2)20/h3-4,9,12H,5-8H2,1-2H3,(H,18,21). The molecule has 0 unspecified atom stereocenters. The summed E-state index contributed by atoms with van der Waals surface area (Å²) >= 11 is 0. The van der Waals surface area contributed by atoms with E-state index in [1.807, 2.05) is 18.2 Å². The topological polar surface area (TPSA) is 75.4 Å². The van der Waals surface area contributed by atoms with Crippen LogP contribution in [0.15, 0.2) is 22.6 Å². The molecule has 1 aromatic heterocycles. The van der Waals surface area contributed by atoms with E-state index in [1.165, 1.54) is 0 Å². The summed E-state index contributed by atoms with van der Waals surface area (Å²) < 4.78 is 5.42. The molecule has 0 spiro atoms. The van der Waals surface area contributed by atoms with Crippen molar-refractivity contribution in [2.24, 2.45) is 5.92 Å². The largest absolute Gasteiger partial charge is 0.441 e. The van der Waals surface area contributed by atoms with Crippen LogP contribution >= 0.6 is 0 Å². The second-order valence-corrected chi connectivity index (χ2v) is 5.68. The fourth-order valence-corrected chi connectivity index (χ4v) is 2.82. The van der Waals surface area contributed by atoms with E-state index in [-0.39, 0.29) is 17.7 Å². The molecular formula is C16H19N3O3. The zero-order valence-electron chi connectivity index (χ0n) is 12.8. The van der Waals surface area contributed by atoms with E-state index in [0.717, 1.165) is 11.2 Å². The first-order chi connectivity index (χ1) is 10.5. The van der Waals surface area contributed by atoms with E-state index in [2.05, 4.69) is 10.3 Å². The molecule has 1 aliphatic heterocycles. The quantitative estimate of drug-likeness (QED) is 0.923. The van der Waals surface area contributed by atoms with Crippen LogP contribution in [0.3, 0.4) is 0 Å². The van der Waals surface area contributed by atoms with E-state index in [4.69, 9.17) is 4.42 Å². The number of anilines is 1. The number of benzene rings is 1. The summed E-state index contributed by atoms with van der Waals surface area (Å²) in [5.41, 5.74) is 2.17. The minimum absolute atomic E-state index is 0.00256. The lowest BCUT2D eigenvalue weighted by molar-refractivity contribution is -0.132. The van der Waals surface area contributed by atoms with Gasteiger partial charge in [-0.3, -0.25) is 9.59 Å². The Morgan fingerprint density at radius 3 is 2.73 bits per heavy atom. The summed E-state index contributed by atoms with van der Waals surface area (Å²) in [6.45, 7) is 4.65. The highest BCUT2D eigenvalue weighted by Gasteiger charge is 2.26. The molecule has 6 nitrogen and oxygen atoms in total. The molecule has 2 amide bonds. The summed E-state index contributed by atoms with van der Waals surface area (Å²) in [5, 5.41) is 2.93. The van der Waals surface area contributed by atoms with Crippen LogP contribution in [0.25, 0.3) is 11.1 Å². The number of carbonyl (C=O) groups is 2. The fourth-order valence-electron chi connectivity index (χ4n) is 2.82. The number of nitrogens with zero attached hydrogens (tertiary/aromatic N) is 2. The monoisotopic (exact) mass is 301 g/mol. The average Bonchev–Trinajstić information content (AvgIpc) is 2.86. The van der Waals surface area contributed by atoms with Crippen LogP contribution in [0.4, 0.5) is 5.69 Å². The maximum atomic E-state index is 12.3. The van der Waals surface area contributed by atoms with Gasteiger partial charge in [0.25, 0.3) is 0 Å². The summed E-state index contributed by atoms with van der Waals surface area (Å²) in [6.07, 6.45) is 1.41. The van der Waals surface area contributed by atoms with E-state index < -0.39 is 0 Å². The third-order valence-corrected chi connectivity index (χ3v) is 4.07. The second kappa shape index (κ2) is 5.79. The van der Waals surface area contributed by atoms with Crippen LogP contribution in [0.2, 0.25) is 0 Å². The van der Waals surface area contributed by atoms with Crippen molar-refractivity contribution in [3.05, 3.63) is 24.1 Å². The van der Waals surface area contributed by atoms with Crippen LogP contribution in [-0.4, -0.2) is 34.8 Å². The number of carbonyl (C=O) groups excluding carboxylic acids is 2. The molecule has 1 saturated heterocycles. The fraction of sp³-hybridized carbons (Fsp3) is 0.438. The van der Waals surface area contributed by atoms with Gasteiger partial charge in [0, 0.05) is 38.5 Å². The van der Waals surface area contributed by atoms with Gasteiger partial charge < -0.3 is 14.6 Å². The first-order valence-corrected chi connectivity index (χ1v) is 7.46. The van der Waals surface area contributed by atoms with Crippen molar-refractivity contribution in [2.45, 2.75) is 26.7 Å². The molecule has 2 heterocycles. The number of amides is 2. The third-order valence-electron chi connectivity index (χ3n) is 4.07. The van der Waals surface area contributed by atoms with Gasteiger partial charge in [-0.15, -0.1) is 0 Å². The molecule has 22 heavy (non-hydrogen) atoms. The van der Waals surface area contributed by atoms with E-state index in [1.54, 1.807) is 18.7 Å². The van der Waals surface area contributed by atoms with Crippen molar-refractivity contribution in [2.75, 3.05) is 18.4 Å². The van der Waals surface area contributed by atoms with Gasteiger partial charge in [-0.2, -0.15) is 0 Å². The number of nitrogens with one attached hydrogen (secondary N) is 1. The number of likely N-dealkylation sites (tertiary alicyclic amines) is 1. The van der Waals surface area contributed by atoms with Crippen molar-refractivity contribution in [3.8, 4) is 0 Å². The normalized spacial score (nSPS) is 16.0. The van der Waals surface area contributed by atoms with Crippen molar-refractivity contribution >= 4 is 28.6 Å². The predicted molar refractivity (Wildman–Crippen MR) is 82.4 cm³/mol. The van der Waals surface area contributed by atoms with Gasteiger partial charge >= 0.3 is 0 Å². The summed E-state index contributed by atoms with van der Waals surface area (Å²) in [5.74, 6) is 0.633. The molecule has 0 radical (unpaired) electrons. The van der Waals surface area contributed by atoms with E-state index >= 15 is 0 Å². The molecule has 0 atom stereocenters. The Hall–Kier alpha value is -2.37.